The summed E-state index contributed by atoms with van der Waals surface area (Å²) in [5.41, 5.74) is 9.53. The number of aryl methyl sites for hydroxylation is 1. The monoisotopic (exact) mass is 436 g/mol. The topological polar surface area (TPSA) is 83.9 Å². The number of ether oxygens (including phenoxy) is 1. The van der Waals surface area contributed by atoms with E-state index in [0.29, 0.717) is 18.3 Å². The summed E-state index contributed by atoms with van der Waals surface area (Å²) in [7, 11) is 5.96. The van der Waals surface area contributed by atoms with E-state index in [0.717, 1.165) is 42.2 Å². The lowest BCUT2D eigenvalue weighted by Crippen LogP contribution is -2.34. The molecule has 0 aliphatic heterocycles. The van der Waals surface area contributed by atoms with Crippen molar-refractivity contribution in [1.82, 2.24) is 18.6 Å². The van der Waals surface area contributed by atoms with E-state index in [9.17, 15) is 0 Å². The number of nitrogens with two attached hydrogens (primary N) is 2. The maximum atomic E-state index is 6.51. The first-order valence-electron chi connectivity index (χ1n) is 11.0. The van der Waals surface area contributed by atoms with Gasteiger partial charge in [0.15, 0.2) is 0 Å². The fraction of sp³-hybridized carbons (Fsp3) is 0.682. The lowest BCUT2D eigenvalue weighted by Gasteiger charge is -2.27. The van der Waals surface area contributed by atoms with E-state index in [4.69, 9.17) is 21.3 Å². The molecule has 0 aromatic carbocycles. The largest absolute Gasteiger partial charge is 0.489 e. The molecule has 1 aliphatic rings. The van der Waals surface area contributed by atoms with Crippen molar-refractivity contribution in [1.29, 1.82) is 0 Å². The van der Waals surface area contributed by atoms with Crippen LogP contribution in [0.15, 0.2) is 17.8 Å². The van der Waals surface area contributed by atoms with Gasteiger partial charge in [-0.05, 0) is 65.3 Å². The lowest BCUT2D eigenvalue weighted by molar-refractivity contribution is 0.153. The third-order valence-corrected chi connectivity index (χ3v) is 6.24. The number of unbranched alkanes of at least 4 members (excludes halogenated alkanes) is 1. The highest BCUT2D eigenvalue weighted by molar-refractivity contribution is 7.94. The SMILES string of the molecule is CCCCN(C)SN(C)C/C(=C(/N)c1ccc(OC2CCCCC2)c(C)n1)N(C)N. The average Bonchev–Trinajstić information content (AvgIpc) is 2.72. The van der Waals surface area contributed by atoms with Gasteiger partial charge in [0.2, 0.25) is 0 Å². The quantitative estimate of drug-likeness (QED) is 0.308. The molecule has 7 nitrogen and oxygen atoms in total. The number of hydrogen-bond donors (Lipinski definition) is 2. The summed E-state index contributed by atoms with van der Waals surface area (Å²) in [4.78, 5) is 4.72. The molecule has 1 aromatic heterocycles. The van der Waals surface area contributed by atoms with E-state index in [1.165, 1.54) is 32.1 Å². The Morgan fingerprint density at radius 2 is 1.87 bits per heavy atom. The first kappa shape index (κ1) is 24.8. The van der Waals surface area contributed by atoms with Gasteiger partial charge in [0.05, 0.1) is 35.4 Å². The van der Waals surface area contributed by atoms with Gasteiger partial charge in [-0.2, -0.15) is 0 Å². The second-order valence-corrected chi connectivity index (χ2v) is 9.61. The molecule has 1 heterocycles. The first-order valence-corrected chi connectivity index (χ1v) is 11.8. The van der Waals surface area contributed by atoms with E-state index >= 15 is 0 Å². The van der Waals surface area contributed by atoms with Gasteiger partial charge in [-0.25, -0.2) is 19.4 Å². The summed E-state index contributed by atoms with van der Waals surface area (Å²) < 4.78 is 10.6. The zero-order valence-electron chi connectivity index (χ0n) is 19.4. The number of nitrogens with zero attached hydrogens (tertiary/aromatic N) is 4. The molecule has 30 heavy (non-hydrogen) atoms. The van der Waals surface area contributed by atoms with Crippen molar-refractivity contribution in [2.75, 3.05) is 34.2 Å². The molecule has 8 heteroatoms. The molecule has 1 aliphatic carbocycles. The Labute approximate surface area is 187 Å². The molecule has 0 radical (unpaired) electrons. The molecular weight excluding hydrogens is 396 g/mol. The Hall–Kier alpha value is -1.48. The molecule has 0 saturated heterocycles. The Morgan fingerprint density at radius 1 is 1.17 bits per heavy atom. The Bertz CT molecular complexity index is 690. The van der Waals surface area contributed by atoms with Gasteiger partial charge in [-0.3, -0.25) is 0 Å². The van der Waals surface area contributed by atoms with Crippen molar-refractivity contribution in [3.05, 3.63) is 29.2 Å². The summed E-state index contributed by atoms with van der Waals surface area (Å²) in [5.74, 6) is 6.97. The van der Waals surface area contributed by atoms with E-state index in [-0.39, 0.29) is 0 Å². The Kier molecular flexibility index (Phi) is 10.2. The normalized spacial score (nSPS) is 16.1. The zero-order valence-corrected chi connectivity index (χ0v) is 20.2. The van der Waals surface area contributed by atoms with E-state index in [1.807, 2.05) is 33.2 Å². The first-order chi connectivity index (χ1) is 14.3. The third kappa shape index (κ3) is 7.65. The highest BCUT2D eigenvalue weighted by Crippen LogP contribution is 2.26. The molecule has 170 valence electrons. The smallest absolute Gasteiger partial charge is 0.140 e. The molecule has 2 rings (SSSR count). The highest BCUT2D eigenvalue weighted by Gasteiger charge is 2.18. The van der Waals surface area contributed by atoms with Crippen molar-refractivity contribution >= 4 is 17.8 Å². The minimum absolute atomic E-state index is 0.305. The number of pyridine rings is 1. The molecule has 1 aromatic rings. The van der Waals surface area contributed by atoms with E-state index in [2.05, 4.69) is 22.6 Å². The van der Waals surface area contributed by atoms with E-state index < -0.39 is 0 Å². The van der Waals surface area contributed by atoms with Gasteiger partial charge in [0.1, 0.15) is 5.75 Å². The van der Waals surface area contributed by atoms with Gasteiger partial charge < -0.3 is 15.5 Å². The predicted molar refractivity (Wildman–Crippen MR) is 127 cm³/mol. The van der Waals surface area contributed by atoms with Gasteiger partial charge in [-0.15, -0.1) is 0 Å². The van der Waals surface area contributed by atoms with Crippen molar-refractivity contribution < 1.29 is 4.74 Å². The molecule has 0 atom stereocenters. The van der Waals surface area contributed by atoms with Crippen molar-refractivity contribution in [3.63, 3.8) is 0 Å². The molecule has 0 unspecified atom stereocenters. The molecule has 0 spiro atoms. The summed E-state index contributed by atoms with van der Waals surface area (Å²) >= 11 is 1.68. The minimum atomic E-state index is 0.305. The Balaban J connectivity index is 2.10. The van der Waals surface area contributed by atoms with Crippen LogP contribution in [0.1, 0.15) is 63.3 Å². The van der Waals surface area contributed by atoms with Gasteiger partial charge in [0, 0.05) is 25.7 Å². The zero-order chi connectivity index (χ0) is 22.1. The van der Waals surface area contributed by atoms with Crippen LogP contribution < -0.4 is 16.3 Å². The third-order valence-electron chi connectivity index (χ3n) is 5.37. The molecular formula is C22H40N6OS. The standard InChI is InChI=1S/C22H40N6OS/c1-6-7-15-26(3)30-27(4)16-20(28(5)24)22(23)19-13-14-21(17(2)25-19)29-18-11-9-8-10-12-18/h13-14,18H,6-12,15-16,23-24H2,1-5H3/b22-20-. The maximum Gasteiger partial charge on any atom is 0.140 e. The van der Waals surface area contributed by atoms with Crippen LogP contribution in [0.2, 0.25) is 0 Å². The summed E-state index contributed by atoms with van der Waals surface area (Å²) in [6.45, 7) is 5.84. The fourth-order valence-corrected chi connectivity index (χ4v) is 4.49. The number of aromatic nitrogens is 1. The maximum absolute atomic E-state index is 6.51. The molecule has 0 bridgehead atoms. The molecule has 4 N–H and O–H groups in total. The fourth-order valence-electron chi connectivity index (χ4n) is 3.62. The van der Waals surface area contributed by atoms with Crippen molar-refractivity contribution in [3.8, 4) is 5.75 Å². The van der Waals surface area contributed by atoms with Gasteiger partial charge >= 0.3 is 0 Å². The van der Waals surface area contributed by atoms with Crippen LogP contribution in [0, 0.1) is 6.92 Å². The van der Waals surface area contributed by atoms with Crippen LogP contribution >= 0.6 is 12.1 Å². The second kappa shape index (κ2) is 12.4. The number of likely N-dealkylation sites (N-methyl/N-ethyl adjacent to an activating group) is 2. The molecule has 1 saturated carbocycles. The molecule has 1 fully saturated rings. The van der Waals surface area contributed by atoms with Crippen LogP contribution in [-0.4, -0.2) is 58.9 Å². The Morgan fingerprint density at radius 3 is 2.47 bits per heavy atom. The molecule has 0 amide bonds. The van der Waals surface area contributed by atoms with Crippen LogP contribution in [0.3, 0.4) is 0 Å². The number of hydrogen-bond acceptors (Lipinski definition) is 8. The van der Waals surface area contributed by atoms with Crippen molar-refractivity contribution in [2.24, 2.45) is 11.6 Å². The predicted octanol–water partition coefficient (Wildman–Crippen LogP) is 3.76. The summed E-state index contributed by atoms with van der Waals surface area (Å²) in [6.07, 6.45) is 8.73. The summed E-state index contributed by atoms with van der Waals surface area (Å²) in [6, 6.07) is 3.93. The van der Waals surface area contributed by atoms with Crippen molar-refractivity contribution in [2.45, 2.75) is 64.9 Å². The highest BCUT2D eigenvalue weighted by atomic mass is 32.2. The summed E-state index contributed by atoms with van der Waals surface area (Å²) in [5, 5.41) is 1.59. The average molecular weight is 437 g/mol. The minimum Gasteiger partial charge on any atom is -0.489 e. The van der Waals surface area contributed by atoms with Crippen LogP contribution in [-0.2, 0) is 0 Å². The second-order valence-electron chi connectivity index (χ2n) is 8.20. The number of rotatable bonds is 11. The van der Waals surface area contributed by atoms with Crippen LogP contribution in [0.4, 0.5) is 0 Å². The van der Waals surface area contributed by atoms with Crippen LogP contribution in [0.25, 0.3) is 5.70 Å². The van der Waals surface area contributed by atoms with Crippen LogP contribution in [0.5, 0.6) is 5.75 Å². The van der Waals surface area contributed by atoms with Gasteiger partial charge in [-0.1, -0.05) is 19.8 Å². The van der Waals surface area contributed by atoms with Gasteiger partial charge in [0.25, 0.3) is 0 Å². The van der Waals surface area contributed by atoms with E-state index in [1.54, 1.807) is 17.1 Å². The number of hydrazine groups is 1. The lowest BCUT2D eigenvalue weighted by atomic mass is 9.98.